The Morgan fingerprint density at radius 3 is 2.60 bits per heavy atom. The number of aromatic nitrogens is 2. The normalized spacial score (nSPS) is 10.0. The quantitative estimate of drug-likeness (QED) is 0.693. The lowest BCUT2D eigenvalue weighted by molar-refractivity contribution is -0.875. The van der Waals surface area contributed by atoms with E-state index in [1.54, 1.807) is 29.5 Å². The molecule has 0 radical (unpaired) electrons. The van der Waals surface area contributed by atoms with Crippen LogP contribution in [0.2, 0.25) is 0 Å². The highest BCUT2D eigenvalue weighted by Crippen LogP contribution is 2.19. The standard InChI is InChI=1S/C12H13N2O/c1-10-4-3-5-12(11(10)2)15-14-8-6-13-7-9-14/h3-9H,1-2H3/q+1. The molecular formula is C12H13N2O+. The van der Waals surface area contributed by atoms with Gasteiger partial charge in [-0.25, -0.2) is 4.84 Å². The van der Waals surface area contributed by atoms with Gasteiger partial charge in [-0.3, -0.25) is 4.98 Å². The van der Waals surface area contributed by atoms with Crippen molar-refractivity contribution in [3.8, 4) is 5.75 Å². The van der Waals surface area contributed by atoms with Crippen molar-refractivity contribution < 1.29 is 9.57 Å². The zero-order chi connectivity index (χ0) is 10.7. The van der Waals surface area contributed by atoms with E-state index in [2.05, 4.69) is 18.0 Å². The van der Waals surface area contributed by atoms with E-state index in [4.69, 9.17) is 4.84 Å². The average molecular weight is 201 g/mol. The number of benzene rings is 1. The van der Waals surface area contributed by atoms with Crippen LogP contribution in [0.1, 0.15) is 11.1 Å². The van der Waals surface area contributed by atoms with Gasteiger partial charge < -0.3 is 0 Å². The SMILES string of the molecule is Cc1cccc(O[n+]2ccncc2)c1C. The van der Waals surface area contributed by atoms with Crippen molar-refractivity contribution in [3.05, 3.63) is 54.1 Å². The summed E-state index contributed by atoms with van der Waals surface area (Å²) in [4.78, 5) is 9.59. The number of rotatable bonds is 2. The van der Waals surface area contributed by atoms with Crippen LogP contribution in [0.4, 0.5) is 0 Å². The van der Waals surface area contributed by atoms with E-state index in [1.807, 2.05) is 19.1 Å². The summed E-state index contributed by atoms with van der Waals surface area (Å²) in [5.41, 5.74) is 2.38. The first kappa shape index (κ1) is 9.65. The Morgan fingerprint density at radius 2 is 1.87 bits per heavy atom. The Hall–Kier alpha value is -1.90. The molecule has 0 bridgehead atoms. The summed E-state index contributed by atoms with van der Waals surface area (Å²) >= 11 is 0. The summed E-state index contributed by atoms with van der Waals surface area (Å²) in [6, 6.07) is 6.01. The summed E-state index contributed by atoms with van der Waals surface area (Å²) < 4.78 is 1.63. The van der Waals surface area contributed by atoms with Crippen molar-refractivity contribution in [2.45, 2.75) is 13.8 Å². The summed E-state index contributed by atoms with van der Waals surface area (Å²) in [5, 5.41) is 0. The topological polar surface area (TPSA) is 26.0 Å². The van der Waals surface area contributed by atoms with E-state index in [-0.39, 0.29) is 0 Å². The van der Waals surface area contributed by atoms with Gasteiger partial charge >= 0.3 is 0 Å². The molecule has 15 heavy (non-hydrogen) atoms. The molecule has 3 nitrogen and oxygen atoms in total. The van der Waals surface area contributed by atoms with Gasteiger partial charge in [0.05, 0.1) is 12.4 Å². The van der Waals surface area contributed by atoms with E-state index >= 15 is 0 Å². The van der Waals surface area contributed by atoms with Crippen molar-refractivity contribution >= 4 is 0 Å². The molecule has 3 heteroatoms. The molecule has 0 amide bonds. The molecule has 2 aromatic rings. The van der Waals surface area contributed by atoms with Crippen LogP contribution < -0.4 is 9.57 Å². The molecule has 0 atom stereocenters. The maximum absolute atomic E-state index is 5.67. The van der Waals surface area contributed by atoms with E-state index < -0.39 is 0 Å². The van der Waals surface area contributed by atoms with Crippen LogP contribution in [-0.4, -0.2) is 4.98 Å². The van der Waals surface area contributed by atoms with E-state index in [9.17, 15) is 0 Å². The maximum atomic E-state index is 5.67. The van der Waals surface area contributed by atoms with Gasteiger partial charge in [0.1, 0.15) is 0 Å². The minimum atomic E-state index is 0.867. The van der Waals surface area contributed by atoms with Gasteiger partial charge in [0.25, 0.3) is 0 Å². The van der Waals surface area contributed by atoms with Crippen LogP contribution in [0.5, 0.6) is 5.75 Å². The first-order chi connectivity index (χ1) is 7.27. The molecular weight excluding hydrogens is 188 g/mol. The van der Waals surface area contributed by atoms with Gasteiger partial charge in [0, 0.05) is 10.3 Å². The van der Waals surface area contributed by atoms with Gasteiger partial charge in [0.15, 0.2) is 0 Å². The summed E-state index contributed by atoms with van der Waals surface area (Å²) in [6.07, 6.45) is 6.90. The predicted molar refractivity (Wildman–Crippen MR) is 56.4 cm³/mol. The Kier molecular flexibility index (Phi) is 2.63. The molecule has 0 fully saturated rings. The van der Waals surface area contributed by atoms with Gasteiger partial charge in [-0.15, -0.1) is 0 Å². The van der Waals surface area contributed by atoms with Crippen molar-refractivity contribution in [3.63, 3.8) is 0 Å². The molecule has 0 unspecified atom stereocenters. The first-order valence-electron chi connectivity index (χ1n) is 4.83. The predicted octanol–water partition coefficient (Wildman–Crippen LogP) is 1.83. The van der Waals surface area contributed by atoms with Crippen molar-refractivity contribution in [1.82, 2.24) is 4.98 Å². The summed E-state index contributed by atoms with van der Waals surface area (Å²) in [5.74, 6) is 0.867. The molecule has 1 aromatic carbocycles. The number of hydrogen-bond donors (Lipinski definition) is 0. The average Bonchev–Trinajstić information content (AvgIpc) is 2.26. The largest absolute Gasteiger partial charge is 0.252 e. The first-order valence-corrected chi connectivity index (χ1v) is 4.83. The van der Waals surface area contributed by atoms with Crippen LogP contribution in [-0.2, 0) is 0 Å². The Labute approximate surface area is 88.9 Å². The summed E-state index contributed by atoms with van der Waals surface area (Å²) in [6.45, 7) is 4.12. The van der Waals surface area contributed by atoms with Crippen molar-refractivity contribution in [1.29, 1.82) is 0 Å². The molecule has 2 rings (SSSR count). The fraction of sp³-hybridized carbons (Fsp3) is 0.167. The second kappa shape index (κ2) is 4.09. The minimum absolute atomic E-state index is 0.867. The van der Waals surface area contributed by atoms with Gasteiger partial charge in [-0.2, -0.15) is 0 Å². The number of nitrogens with zero attached hydrogens (tertiary/aromatic N) is 2. The molecule has 0 N–H and O–H groups in total. The van der Waals surface area contributed by atoms with Crippen LogP contribution in [0.15, 0.2) is 43.0 Å². The second-order valence-electron chi connectivity index (χ2n) is 3.39. The molecule has 0 aliphatic carbocycles. The Morgan fingerprint density at radius 1 is 1.13 bits per heavy atom. The van der Waals surface area contributed by atoms with Gasteiger partial charge in [-0.05, 0) is 25.5 Å². The Balaban J connectivity index is 2.29. The molecule has 1 heterocycles. The lowest BCUT2D eigenvalue weighted by atomic mass is 10.1. The van der Waals surface area contributed by atoms with Gasteiger partial charge in [0.2, 0.25) is 18.1 Å². The monoisotopic (exact) mass is 201 g/mol. The third-order valence-corrected chi connectivity index (χ3v) is 2.36. The number of aryl methyl sites for hydroxylation is 1. The van der Waals surface area contributed by atoms with Crippen LogP contribution in [0, 0.1) is 13.8 Å². The van der Waals surface area contributed by atoms with Crippen LogP contribution in [0.3, 0.4) is 0 Å². The molecule has 0 aliphatic heterocycles. The molecule has 0 saturated heterocycles. The van der Waals surface area contributed by atoms with E-state index in [0.717, 1.165) is 11.3 Å². The van der Waals surface area contributed by atoms with E-state index in [1.165, 1.54) is 5.56 Å². The van der Waals surface area contributed by atoms with Crippen molar-refractivity contribution in [2.75, 3.05) is 0 Å². The van der Waals surface area contributed by atoms with Gasteiger partial charge in [-0.1, -0.05) is 12.1 Å². The summed E-state index contributed by atoms with van der Waals surface area (Å²) in [7, 11) is 0. The fourth-order valence-corrected chi connectivity index (χ4v) is 1.31. The third-order valence-electron chi connectivity index (χ3n) is 2.36. The molecule has 0 saturated carbocycles. The van der Waals surface area contributed by atoms with Crippen LogP contribution in [0.25, 0.3) is 0 Å². The number of hydrogen-bond acceptors (Lipinski definition) is 2. The fourth-order valence-electron chi connectivity index (χ4n) is 1.31. The zero-order valence-corrected chi connectivity index (χ0v) is 8.84. The highest BCUT2D eigenvalue weighted by atomic mass is 16.7. The zero-order valence-electron chi connectivity index (χ0n) is 8.84. The molecule has 76 valence electrons. The highest BCUT2D eigenvalue weighted by molar-refractivity contribution is 5.37. The van der Waals surface area contributed by atoms with E-state index in [0.29, 0.717) is 0 Å². The lowest BCUT2D eigenvalue weighted by Gasteiger charge is -2.03. The molecule has 0 aliphatic rings. The lowest BCUT2D eigenvalue weighted by Crippen LogP contribution is -2.38. The Bertz CT molecular complexity index is 454. The minimum Gasteiger partial charge on any atom is -0.252 e. The van der Waals surface area contributed by atoms with Crippen LogP contribution >= 0.6 is 0 Å². The molecule has 1 aromatic heterocycles. The smallest absolute Gasteiger partial charge is 0.241 e. The molecule has 0 spiro atoms. The highest BCUT2D eigenvalue weighted by Gasteiger charge is 2.07. The maximum Gasteiger partial charge on any atom is 0.241 e. The van der Waals surface area contributed by atoms with Crippen molar-refractivity contribution in [2.24, 2.45) is 0 Å². The third kappa shape index (κ3) is 2.13. The second-order valence-corrected chi connectivity index (χ2v) is 3.39.